The normalized spacial score (nSPS) is 15.5. The lowest BCUT2D eigenvalue weighted by Crippen LogP contribution is -2.48. The number of hydrogen-bond donors (Lipinski definition) is 0. The van der Waals surface area contributed by atoms with Crippen molar-refractivity contribution in [3.05, 3.63) is 65.3 Å². The van der Waals surface area contributed by atoms with Gasteiger partial charge in [-0.15, -0.1) is 0 Å². The fourth-order valence-corrected chi connectivity index (χ4v) is 4.99. The van der Waals surface area contributed by atoms with E-state index in [9.17, 15) is 8.42 Å². The molecule has 1 aliphatic rings. The molecule has 1 fully saturated rings. The van der Waals surface area contributed by atoms with Crippen LogP contribution in [0.5, 0.6) is 0 Å². The lowest BCUT2D eigenvalue weighted by molar-refractivity contribution is 0.384. The van der Waals surface area contributed by atoms with Gasteiger partial charge in [0.25, 0.3) is 0 Å². The fourth-order valence-electron chi connectivity index (χ4n) is 3.31. The minimum absolute atomic E-state index is 0.201. The Morgan fingerprint density at radius 3 is 2.36 bits per heavy atom. The van der Waals surface area contributed by atoms with Crippen LogP contribution in [0.3, 0.4) is 0 Å². The van der Waals surface area contributed by atoms with E-state index in [1.165, 1.54) is 28.6 Å². The van der Waals surface area contributed by atoms with E-state index in [2.05, 4.69) is 4.98 Å². The lowest BCUT2D eigenvalue weighted by Gasteiger charge is -2.34. The van der Waals surface area contributed by atoms with Crippen LogP contribution in [0.4, 0.5) is 5.82 Å². The average molecular weight is 413 g/mol. The summed E-state index contributed by atoms with van der Waals surface area (Å²) >= 11 is 6.32. The van der Waals surface area contributed by atoms with Crippen molar-refractivity contribution in [1.29, 1.82) is 5.26 Å². The first-order valence-electron chi connectivity index (χ1n) is 8.79. The van der Waals surface area contributed by atoms with Crippen molar-refractivity contribution in [2.24, 2.45) is 0 Å². The number of fused-ring (bicyclic) bond motifs is 1. The average Bonchev–Trinajstić information content (AvgIpc) is 2.74. The molecule has 1 saturated heterocycles. The van der Waals surface area contributed by atoms with E-state index in [0.29, 0.717) is 36.9 Å². The zero-order chi connectivity index (χ0) is 19.7. The van der Waals surface area contributed by atoms with Gasteiger partial charge in [-0.25, -0.2) is 13.4 Å². The summed E-state index contributed by atoms with van der Waals surface area (Å²) in [7, 11) is -3.58. The zero-order valence-corrected chi connectivity index (χ0v) is 16.5. The van der Waals surface area contributed by atoms with Gasteiger partial charge in [0.05, 0.1) is 16.5 Å². The van der Waals surface area contributed by atoms with E-state index in [4.69, 9.17) is 16.9 Å². The Morgan fingerprint density at radius 1 is 1.00 bits per heavy atom. The molecule has 0 radical (unpaired) electrons. The highest BCUT2D eigenvalue weighted by atomic mass is 35.5. The second-order valence-electron chi connectivity index (χ2n) is 6.52. The predicted octanol–water partition coefficient (Wildman–Crippen LogP) is 3.27. The topological polar surface area (TPSA) is 77.3 Å². The minimum Gasteiger partial charge on any atom is -0.354 e. The molecule has 1 aliphatic heterocycles. The van der Waals surface area contributed by atoms with Crippen molar-refractivity contribution >= 4 is 38.2 Å². The van der Waals surface area contributed by atoms with Gasteiger partial charge in [-0.05, 0) is 35.7 Å². The van der Waals surface area contributed by atoms with Gasteiger partial charge in [0.15, 0.2) is 0 Å². The van der Waals surface area contributed by atoms with Gasteiger partial charge in [0.2, 0.25) is 10.0 Å². The Morgan fingerprint density at radius 2 is 1.68 bits per heavy atom. The number of halogens is 1. The third-order valence-electron chi connectivity index (χ3n) is 4.86. The molecule has 0 N–H and O–H groups in total. The first kappa shape index (κ1) is 18.7. The molecule has 1 aromatic heterocycles. The van der Waals surface area contributed by atoms with Gasteiger partial charge in [-0.3, -0.25) is 0 Å². The van der Waals surface area contributed by atoms with Crippen LogP contribution in [0.25, 0.3) is 10.8 Å². The van der Waals surface area contributed by atoms with E-state index in [0.717, 1.165) is 16.6 Å². The molecule has 0 aliphatic carbocycles. The minimum atomic E-state index is -3.58. The van der Waals surface area contributed by atoms with Crippen molar-refractivity contribution in [2.75, 3.05) is 31.1 Å². The molecule has 28 heavy (non-hydrogen) atoms. The molecular formula is C20H17ClN4O2S. The molecule has 0 amide bonds. The number of piperazine rings is 1. The van der Waals surface area contributed by atoms with Crippen LogP contribution in [-0.4, -0.2) is 43.9 Å². The van der Waals surface area contributed by atoms with Gasteiger partial charge in [0, 0.05) is 31.6 Å². The molecule has 0 bridgehead atoms. The van der Waals surface area contributed by atoms with Gasteiger partial charge >= 0.3 is 0 Å². The molecule has 2 heterocycles. The van der Waals surface area contributed by atoms with Crippen LogP contribution in [0.2, 0.25) is 5.15 Å². The highest BCUT2D eigenvalue weighted by Gasteiger charge is 2.29. The smallest absolute Gasteiger partial charge is 0.243 e. The number of benzene rings is 2. The second-order valence-corrected chi connectivity index (χ2v) is 8.82. The van der Waals surface area contributed by atoms with Crippen LogP contribution >= 0.6 is 11.6 Å². The van der Waals surface area contributed by atoms with Crippen molar-refractivity contribution in [2.45, 2.75) is 4.90 Å². The molecule has 0 spiro atoms. The SMILES string of the molecule is N#Cc1ccc(S(=O)(=O)N2CCN(c3cc4ccccc4c(Cl)n3)CC2)cc1. The van der Waals surface area contributed by atoms with Crippen molar-refractivity contribution in [3.8, 4) is 6.07 Å². The first-order valence-corrected chi connectivity index (χ1v) is 10.6. The standard InChI is InChI=1S/C20H17ClN4O2S/c21-20-18-4-2-1-3-16(18)13-19(23-20)24-9-11-25(12-10-24)28(26,27)17-7-5-15(14-22)6-8-17/h1-8,13H,9-12H2. The number of nitriles is 1. The third-order valence-corrected chi connectivity index (χ3v) is 7.07. The summed E-state index contributed by atoms with van der Waals surface area (Å²) in [5.41, 5.74) is 0.433. The fraction of sp³-hybridized carbons (Fsp3) is 0.200. The number of sulfonamides is 1. The largest absolute Gasteiger partial charge is 0.354 e. The van der Waals surface area contributed by atoms with E-state index in [1.54, 1.807) is 0 Å². The zero-order valence-electron chi connectivity index (χ0n) is 14.9. The van der Waals surface area contributed by atoms with E-state index >= 15 is 0 Å². The number of hydrogen-bond acceptors (Lipinski definition) is 5. The maximum absolute atomic E-state index is 12.8. The Labute approximate surface area is 168 Å². The van der Waals surface area contributed by atoms with Crippen molar-refractivity contribution in [3.63, 3.8) is 0 Å². The van der Waals surface area contributed by atoms with Gasteiger partial charge in [0.1, 0.15) is 11.0 Å². The summed E-state index contributed by atoms with van der Waals surface area (Å²) < 4.78 is 27.2. The summed E-state index contributed by atoms with van der Waals surface area (Å²) in [6.45, 7) is 1.76. The molecule has 3 aromatic rings. The summed E-state index contributed by atoms with van der Waals surface area (Å²) in [5.74, 6) is 0.749. The van der Waals surface area contributed by atoms with Crippen molar-refractivity contribution in [1.82, 2.24) is 9.29 Å². The van der Waals surface area contributed by atoms with E-state index in [1.807, 2.05) is 41.3 Å². The monoisotopic (exact) mass is 412 g/mol. The molecule has 0 saturated carbocycles. The molecule has 6 nitrogen and oxygen atoms in total. The Balaban J connectivity index is 1.52. The summed E-state index contributed by atoms with van der Waals surface area (Å²) in [4.78, 5) is 6.73. The summed E-state index contributed by atoms with van der Waals surface area (Å²) in [6.07, 6.45) is 0. The van der Waals surface area contributed by atoms with E-state index < -0.39 is 10.0 Å². The molecule has 8 heteroatoms. The van der Waals surface area contributed by atoms with Crippen LogP contribution < -0.4 is 4.90 Å². The number of pyridine rings is 1. The quantitative estimate of drug-likeness (QED) is 0.617. The van der Waals surface area contributed by atoms with Crippen molar-refractivity contribution < 1.29 is 8.42 Å². The highest BCUT2D eigenvalue weighted by Crippen LogP contribution is 2.27. The summed E-state index contributed by atoms with van der Waals surface area (Å²) in [5, 5.41) is 11.2. The molecule has 142 valence electrons. The number of nitrogens with zero attached hydrogens (tertiary/aromatic N) is 4. The number of aromatic nitrogens is 1. The lowest BCUT2D eigenvalue weighted by atomic mass is 10.2. The van der Waals surface area contributed by atoms with Gasteiger partial charge in [-0.2, -0.15) is 9.57 Å². The maximum atomic E-state index is 12.8. The van der Waals surface area contributed by atoms with Crippen LogP contribution in [0, 0.1) is 11.3 Å². The molecule has 4 rings (SSSR count). The van der Waals surface area contributed by atoms with Gasteiger partial charge < -0.3 is 4.90 Å². The predicted molar refractivity (Wildman–Crippen MR) is 109 cm³/mol. The van der Waals surface area contributed by atoms with Crippen LogP contribution in [-0.2, 0) is 10.0 Å². The molecule has 0 unspecified atom stereocenters. The first-order chi connectivity index (χ1) is 13.5. The molecular weight excluding hydrogens is 396 g/mol. The highest BCUT2D eigenvalue weighted by molar-refractivity contribution is 7.89. The maximum Gasteiger partial charge on any atom is 0.243 e. The second kappa shape index (κ2) is 7.40. The Kier molecular flexibility index (Phi) is 4.94. The Hall–Kier alpha value is -2.66. The third kappa shape index (κ3) is 3.42. The van der Waals surface area contributed by atoms with Gasteiger partial charge in [-0.1, -0.05) is 35.9 Å². The van der Waals surface area contributed by atoms with E-state index in [-0.39, 0.29) is 4.90 Å². The Bertz CT molecular complexity index is 1170. The van der Waals surface area contributed by atoms with Crippen LogP contribution in [0.15, 0.2) is 59.5 Å². The number of anilines is 1. The number of rotatable bonds is 3. The summed E-state index contributed by atoms with van der Waals surface area (Å²) in [6, 6.07) is 17.7. The van der Waals surface area contributed by atoms with Crippen LogP contribution in [0.1, 0.15) is 5.56 Å². The molecule has 2 aromatic carbocycles. The molecule has 0 atom stereocenters.